The number of aromatic nitrogens is 2. The van der Waals surface area contributed by atoms with Crippen molar-refractivity contribution >= 4 is 17.0 Å². The zero-order valence-electron chi connectivity index (χ0n) is 14.2. The number of hydrogen-bond acceptors (Lipinski definition) is 5. The zero-order chi connectivity index (χ0) is 17.2. The maximum atomic E-state index is 11.5. The number of aromatic amines is 1. The van der Waals surface area contributed by atoms with Crippen LogP contribution in [0.2, 0.25) is 0 Å². The smallest absolute Gasteiger partial charge is 0.341 e. The van der Waals surface area contributed by atoms with Crippen molar-refractivity contribution < 1.29 is 13.9 Å². The van der Waals surface area contributed by atoms with E-state index in [9.17, 15) is 4.79 Å². The molecule has 1 aliphatic heterocycles. The second-order valence-electron chi connectivity index (χ2n) is 6.48. The van der Waals surface area contributed by atoms with Gasteiger partial charge in [0.15, 0.2) is 0 Å². The van der Waals surface area contributed by atoms with E-state index in [0.717, 1.165) is 48.5 Å². The number of benzene rings is 1. The highest BCUT2D eigenvalue weighted by Crippen LogP contribution is 2.28. The molecule has 4 rings (SSSR count). The number of nitrogens with zero attached hydrogens (tertiary/aromatic N) is 2. The number of ether oxygens (including phenoxy) is 1. The molecule has 1 aliphatic rings. The van der Waals surface area contributed by atoms with Gasteiger partial charge < -0.3 is 14.1 Å². The van der Waals surface area contributed by atoms with Crippen molar-refractivity contribution in [3.05, 3.63) is 53.7 Å². The number of rotatable bonds is 4. The van der Waals surface area contributed by atoms with Crippen molar-refractivity contribution in [2.24, 2.45) is 0 Å². The van der Waals surface area contributed by atoms with Crippen molar-refractivity contribution in [3.63, 3.8) is 0 Å². The molecule has 0 unspecified atom stereocenters. The van der Waals surface area contributed by atoms with E-state index in [0.29, 0.717) is 18.0 Å². The van der Waals surface area contributed by atoms with Gasteiger partial charge in [0.1, 0.15) is 17.8 Å². The van der Waals surface area contributed by atoms with E-state index in [-0.39, 0.29) is 5.97 Å². The summed E-state index contributed by atoms with van der Waals surface area (Å²) in [5.74, 6) is 1.99. The second kappa shape index (κ2) is 6.72. The van der Waals surface area contributed by atoms with E-state index < -0.39 is 0 Å². The lowest BCUT2D eigenvalue weighted by molar-refractivity contribution is 0.0600. The van der Waals surface area contributed by atoms with Gasteiger partial charge >= 0.3 is 5.97 Å². The van der Waals surface area contributed by atoms with E-state index in [1.165, 1.54) is 13.4 Å². The van der Waals surface area contributed by atoms with Gasteiger partial charge in [0.05, 0.1) is 30.3 Å². The molecule has 2 aromatic heterocycles. The molecule has 1 N–H and O–H groups in total. The fourth-order valence-corrected chi connectivity index (χ4v) is 3.44. The normalized spacial score (nSPS) is 16.4. The minimum absolute atomic E-state index is 0.362. The molecule has 1 fully saturated rings. The highest BCUT2D eigenvalue weighted by molar-refractivity contribution is 5.88. The molecule has 6 nitrogen and oxygen atoms in total. The molecule has 6 heteroatoms. The molecule has 3 aromatic rings. The van der Waals surface area contributed by atoms with Crippen LogP contribution in [0.15, 0.2) is 41.0 Å². The average Bonchev–Trinajstić information content (AvgIpc) is 3.28. The predicted octanol–water partition coefficient (Wildman–Crippen LogP) is 3.32. The largest absolute Gasteiger partial charge is 0.467 e. The van der Waals surface area contributed by atoms with E-state index in [4.69, 9.17) is 14.1 Å². The Hall–Kier alpha value is -2.60. The van der Waals surface area contributed by atoms with Gasteiger partial charge in [-0.3, -0.25) is 4.90 Å². The summed E-state index contributed by atoms with van der Waals surface area (Å²) in [5.41, 5.74) is 2.60. The Kier molecular flexibility index (Phi) is 4.28. The summed E-state index contributed by atoms with van der Waals surface area (Å²) >= 11 is 0. The Morgan fingerprint density at radius 1 is 1.36 bits per heavy atom. The first-order chi connectivity index (χ1) is 12.2. The third kappa shape index (κ3) is 3.30. The number of para-hydroxylation sites is 2. The number of fused-ring (bicyclic) bond motifs is 1. The number of piperidine rings is 1. The molecule has 3 heterocycles. The molecule has 0 amide bonds. The van der Waals surface area contributed by atoms with Gasteiger partial charge in [-0.15, -0.1) is 0 Å². The first-order valence-electron chi connectivity index (χ1n) is 8.55. The van der Waals surface area contributed by atoms with Crippen LogP contribution in [0, 0.1) is 0 Å². The second-order valence-corrected chi connectivity index (χ2v) is 6.48. The number of likely N-dealkylation sites (tertiary alicyclic amines) is 1. The highest BCUT2D eigenvalue weighted by atomic mass is 16.5. The summed E-state index contributed by atoms with van der Waals surface area (Å²) in [6.07, 6.45) is 3.58. The first kappa shape index (κ1) is 15.9. The summed E-state index contributed by atoms with van der Waals surface area (Å²) in [5, 5.41) is 0. The number of hydrogen-bond donors (Lipinski definition) is 1. The molecule has 0 atom stereocenters. The molecule has 25 heavy (non-hydrogen) atoms. The number of nitrogens with one attached hydrogen (secondary N) is 1. The van der Waals surface area contributed by atoms with Crippen LogP contribution in [0.25, 0.3) is 11.0 Å². The number of furan rings is 1. The molecule has 0 aliphatic carbocycles. The third-order valence-corrected chi connectivity index (χ3v) is 4.84. The molecule has 0 radical (unpaired) electrons. The third-order valence-electron chi connectivity index (χ3n) is 4.84. The van der Waals surface area contributed by atoms with Crippen LogP contribution in [-0.2, 0) is 11.3 Å². The quantitative estimate of drug-likeness (QED) is 0.738. The van der Waals surface area contributed by atoms with Gasteiger partial charge in [-0.1, -0.05) is 12.1 Å². The lowest BCUT2D eigenvalue weighted by Crippen LogP contribution is -2.32. The van der Waals surface area contributed by atoms with E-state index in [1.54, 1.807) is 6.07 Å². The fourth-order valence-electron chi connectivity index (χ4n) is 3.44. The number of methoxy groups -OCH3 is 1. The average molecular weight is 339 g/mol. The van der Waals surface area contributed by atoms with Gasteiger partial charge in [0.25, 0.3) is 0 Å². The predicted molar refractivity (Wildman–Crippen MR) is 93.4 cm³/mol. The number of carbonyl (C=O) groups excluding carboxylic acids is 1. The summed E-state index contributed by atoms with van der Waals surface area (Å²) in [7, 11) is 1.37. The summed E-state index contributed by atoms with van der Waals surface area (Å²) < 4.78 is 10.2. The summed E-state index contributed by atoms with van der Waals surface area (Å²) in [4.78, 5) is 22.0. The minimum atomic E-state index is -0.362. The number of carbonyl (C=O) groups is 1. The molecular weight excluding hydrogens is 318 g/mol. The Balaban J connectivity index is 1.36. The highest BCUT2D eigenvalue weighted by Gasteiger charge is 2.24. The van der Waals surface area contributed by atoms with Crippen LogP contribution in [0.3, 0.4) is 0 Å². The lowest BCUT2D eigenvalue weighted by Gasteiger charge is -2.30. The maximum absolute atomic E-state index is 11.5. The van der Waals surface area contributed by atoms with Crippen LogP contribution in [0.1, 0.15) is 40.7 Å². The van der Waals surface area contributed by atoms with Crippen molar-refractivity contribution in [2.75, 3.05) is 20.2 Å². The van der Waals surface area contributed by atoms with Crippen molar-refractivity contribution in [3.8, 4) is 0 Å². The lowest BCUT2D eigenvalue weighted by atomic mass is 9.96. The van der Waals surface area contributed by atoms with E-state index in [1.807, 2.05) is 18.2 Å². The SMILES string of the molecule is COC(=O)c1coc(CN2CCC(c3nc4ccccc4[nH]3)CC2)c1. The standard InChI is InChI=1S/C19H21N3O3/c1-24-19(23)14-10-15(25-12-14)11-22-8-6-13(7-9-22)18-20-16-4-2-3-5-17(16)21-18/h2-5,10,12-13H,6-9,11H2,1H3,(H,20,21). The van der Waals surface area contributed by atoms with Crippen molar-refractivity contribution in [1.82, 2.24) is 14.9 Å². The van der Waals surface area contributed by atoms with Crippen molar-refractivity contribution in [1.29, 1.82) is 0 Å². The topological polar surface area (TPSA) is 71.4 Å². The Labute approximate surface area is 145 Å². The zero-order valence-corrected chi connectivity index (χ0v) is 14.2. The monoisotopic (exact) mass is 339 g/mol. The summed E-state index contributed by atoms with van der Waals surface area (Å²) in [6, 6.07) is 9.91. The number of imidazole rings is 1. The first-order valence-corrected chi connectivity index (χ1v) is 8.55. The van der Waals surface area contributed by atoms with Crippen LogP contribution < -0.4 is 0 Å². The Morgan fingerprint density at radius 3 is 2.92 bits per heavy atom. The Bertz CT molecular complexity index is 842. The molecular formula is C19H21N3O3. The Morgan fingerprint density at radius 2 is 2.16 bits per heavy atom. The molecule has 0 saturated carbocycles. The van der Waals surface area contributed by atoms with Crippen LogP contribution in [0.4, 0.5) is 0 Å². The number of esters is 1. The van der Waals surface area contributed by atoms with Crippen LogP contribution >= 0.6 is 0 Å². The maximum Gasteiger partial charge on any atom is 0.341 e. The van der Waals surface area contributed by atoms with Gasteiger partial charge in [-0.25, -0.2) is 9.78 Å². The number of H-pyrrole nitrogens is 1. The molecule has 0 spiro atoms. The van der Waals surface area contributed by atoms with Gasteiger partial charge in [0.2, 0.25) is 0 Å². The molecule has 0 bridgehead atoms. The van der Waals surface area contributed by atoms with E-state index in [2.05, 4.69) is 16.0 Å². The van der Waals surface area contributed by atoms with Gasteiger partial charge in [-0.2, -0.15) is 0 Å². The molecule has 130 valence electrons. The molecule has 1 aromatic carbocycles. The van der Waals surface area contributed by atoms with Gasteiger partial charge in [-0.05, 0) is 44.1 Å². The van der Waals surface area contributed by atoms with E-state index >= 15 is 0 Å². The summed E-state index contributed by atoms with van der Waals surface area (Å²) in [6.45, 7) is 2.68. The van der Waals surface area contributed by atoms with Crippen LogP contribution in [0.5, 0.6) is 0 Å². The minimum Gasteiger partial charge on any atom is -0.467 e. The van der Waals surface area contributed by atoms with Gasteiger partial charge in [0, 0.05) is 5.92 Å². The van der Waals surface area contributed by atoms with Crippen LogP contribution in [-0.4, -0.2) is 41.0 Å². The molecule has 1 saturated heterocycles. The fraction of sp³-hybridized carbons (Fsp3) is 0.368. The van der Waals surface area contributed by atoms with Crippen molar-refractivity contribution in [2.45, 2.75) is 25.3 Å².